The molecule has 25 heavy (non-hydrogen) atoms. The second-order valence-electron chi connectivity index (χ2n) is 8.04. The Morgan fingerprint density at radius 1 is 1.32 bits per heavy atom. The lowest BCUT2D eigenvalue weighted by molar-refractivity contribution is -0.135. The molecular weight excluding hydrogens is 317 g/mol. The van der Waals surface area contributed by atoms with Crippen molar-refractivity contribution >= 4 is 13.0 Å². The molecule has 2 aliphatic heterocycles. The summed E-state index contributed by atoms with van der Waals surface area (Å²) in [6.07, 6.45) is 6.61. The summed E-state index contributed by atoms with van der Waals surface area (Å²) in [6, 6.07) is 1.87. The molecule has 1 fully saturated rings. The van der Waals surface area contributed by atoms with Crippen LogP contribution in [0.15, 0.2) is 30.0 Å². The molecule has 1 unspecified atom stereocenters. The number of hydrogen-bond acceptors (Lipinski definition) is 4. The summed E-state index contributed by atoms with van der Waals surface area (Å²) in [4.78, 5) is 14.7. The Bertz CT molecular complexity index is 639. The first-order chi connectivity index (χ1) is 11.7. The van der Waals surface area contributed by atoms with E-state index in [1.54, 1.807) is 10.9 Å². The zero-order valence-electron chi connectivity index (χ0n) is 15.9. The van der Waals surface area contributed by atoms with Crippen molar-refractivity contribution in [2.24, 2.45) is 5.92 Å². The van der Waals surface area contributed by atoms with Crippen molar-refractivity contribution in [2.75, 3.05) is 13.1 Å². The Kier molecular flexibility index (Phi) is 4.81. The number of rotatable bonds is 4. The summed E-state index contributed by atoms with van der Waals surface area (Å²) in [5.41, 5.74) is 0.320. The molecular formula is C18H28BN3O3. The SMILES string of the molecule is CC(Cn1cccn1)C(=O)N1CCC=C(B2OC(C)(C)C(C)(C)O2)C1. The van der Waals surface area contributed by atoms with Crippen LogP contribution in [0, 0.1) is 5.92 Å². The third-order valence-electron chi connectivity index (χ3n) is 5.49. The molecule has 7 heteroatoms. The van der Waals surface area contributed by atoms with Crippen LogP contribution in [0.5, 0.6) is 0 Å². The topological polar surface area (TPSA) is 56.6 Å². The van der Waals surface area contributed by atoms with E-state index in [0.717, 1.165) is 18.4 Å². The Morgan fingerprint density at radius 2 is 2.00 bits per heavy atom. The monoisotopic (exact) mass is 345 g/mol. The van der Waals surface area contributed by atoms with Crippen molar-refractivity contribution in [3.05, 3.63) is 30.0 Å². The quantitative estimate of drug-likeness (QED) is 0.786. The van der Waals surface area contributed by atoms with Gasteiger partial charge in [0.15, 0.2) is 0 Å². The van der Waals surface area contributed by atoms with Crippen LogP contribution in [-0.4, -0.2) is 52.0 Å². The van der Waals surface area contributed by atoms with E-state index < -0.39 is 0 Å². The molecule has 3 heterocycles. The summed E-state index contributed by atoms with van der Waals surface area (Å²) >= 11 is 0. The van der Waals surface area contributed by atoms with Gasteiger partial charge in [-0.25, -0.2) is 0 Å². The molecule has 1 amide bonds. The van der Waals surface area contributed by atoms with Crippen molar-refractivity contribution in [1.82, 2.24) is 14.7 Å². The first kappa shape index (κ1) is 18.2. The highest BCUT2D eigenvalue weighted by molar-refractivity contribution is 6.54. The molecule has 0 saturated carbocycles. The lowest BCUT2D eigenvalue weighted by Crippen LogP contribution is -2.43. The Labute approximate surface area is 150 Å². The van der Waals surface area contributed by atoms with Gasteiger partial charge in [-0.2, -0.15) is 5.10 Å². The second kappa shape index (κ2) is 6.61. The van der Waals surface area contributed by atoms with Gasteiger partial charge in [0.25, 0.3) is 0 Å². The van der Waals surface area contributed by atoms with Gasteiger partial charge in [-0.15, -0.1) is 0 Å². The van der Waals surface area contributed by atoms with Gasteiger partial charge in [-0.05, 0) is 45.7 Å². The number of carbonyl (C=O) groups excluding carboxylic acids is 1. The van der Waals surface area contributed by atoms with Crippen molar-refractivity contribution in [3.63, 3.8) is 0 Å². The van der Waals surface area contributed by atoms with Crippen LogP contribution in [0.2, 0.25) is 0 Å². The molecule has 0 radical (unpaired) electrons. The van der Waals surface area contributed by atoms with Crippen LogP contribution in [0.3, 0.4) is 0 Å². The highest BCUT2D eigenvalue weighted by atomic mass is 16.7. The van der Waals surface area contributed by atoms with E-state index in [-0.39, 0.29) is 30.1 Å². The Hall–Kier alpha value is -1.60. The highest BCUT2D eigenvalue weighted by Crippen LogP contribution is 2.39. The molecule has 1 saturated heterocycles. The van der Waals surface area contributed by atoms with Gasteiger partial charge in [0.05, 0.1) is 23.7 Å². The molecule has 136 valence electrons. The van der Waals surface area contributed by atoms with Crippen molar-refractivity contribution in [2.45, 2.75) is 58.8 Å². The van der Waals surface area contributed by atoms with E-state index in [4.69, 9.17) is 9.31 Å². The molecule has 0 spiro atoms. The molecule has 2 aliphatic rings. The standard InChI is InChI=1S/C18H28BN3O3/c1-14(12-22-11-7-9-20-22)16(23)21-10-6-8-15(13-21)19-24-17(2,3)18(4,5)25-19/h7-9,11,14H,6,10,12-13H2,1-5H3. The largest absolute Gasteiger partial charge is 0.492 e. The molecule has 6 nitrogen and oxygen atoms in total. The maximum atomic E-state index is 12.8. The lowest BCUT2D eigenvalue weighted by atomic mass is 9.76. The zero-order valence-corrected chi connectivity index (χ0v) is 15.9. The van der Waals surface area contributed by atoms with Gasteiger partial charge in [0.1, 0.15) is 0 Å². The van der Waals surface area contributed by atoms with Crippen LogP contribution in [0.25, 0.3) is 0 Å². The Morgan fingerprint density at radius 3 is 2.60 bits per heavy atom. The fraction of sp³-hybridized carbons (Fsp3) is 0.667. The third-order valence-corrected chi connectivity index (χ3v) is 5.49. The van der Waals surface area contributed by atoms with E-state index in [1.165, 1.54) is 0 Å². The number of carbonyl (C=O) groups is 1. The molecule has 0 bridgehead atoms. The van der Waals surface area contributed by atoms with Crippen molar-refractivity contribution in [1.29, 1.82) is 0 Å². The van der Waals surface area contributed by atoms with Gasteiger partial charge in [0.2, 0.25) is 5.91 Å². The molecule has 0 aromatic carbocycles. The van der Waals surface area contributed by atoms with E-state index >= 15 is 0 Å². The molecule has 1 atom stereocenters. The maximum Gasteiger partial charge on any atom is 0.492 e. The smallest absolute Gasteiger partial charge is 0.400 e. The van der Waals surface area contributed by atoms with Gasteiger partial charge in [0, 0.05) is 25.5 Å². The average Bonchev–Trinajstić information content (AvgIpc) is 3.13. The number of hydrogen-bond donors (Lipinski definition) is 0. The molecule has 1 aromatic heterocycles. The van der Waals surface area contributed by atoms with E-state index in [2.05, 4.69) is 11.2 Å². The second-order valence-corrected chi connectivity index (χ2v) is 8.04. The molecule has 0 aliphatic carbocycles. The minimum atomic E-state index is -0.373. The van der Waals surface area contributed by atoms with Crippen molar-refractivity contribution in [3.8, 4) is 0 Å². The summed E-state index contributed by atoms with van der Waals surface area (Å²) in [5, 5.41) is 4.19. The summed E-state index contributed by atoms with van der Waals surface area (Å²) in [7, 11) is -0.373. The minimum absolute atomic E-state index is 0.113. The first-order valence-electron chi connectivity index (χ1n) is 9.00. The predicted octanol–water partition coefficient (Wildman–Crippen LogP) is 2.31. The molecule has 1 aromatic rings. The van der Waals surface area contributed by atoms with Crippen LogP contribution in [0.1, 0.15) is 41.0 Å². The van der Waals surface area contributed by atoms with E-state index in [0.29, 0.717) is 13.1 Å². The number of amides is 1. The van der Waals surface area contributed by atoms with Crippen LogP contribution in [0.4, 0.5) is 0 Å². The van der Waals surface area contributed by atoms with E-state index in [1.807, 2.05) is 51.8 Å². The number of nitrogens with zero attached hydrogens (tertiary/aromatic N) is 3. The summed E-state index contributed by atoms with van der Waals surface area (Å²) < 4.78 is 14.1. The Balaban J connectivity index is 1.63. The maximum absolute atomic E-state index is 12.8. The zero-order chi connectivity index (χ0) is 18.2. The van der Waals surface area contributed by atoms with Crippen molar-refractivity contribution < 1.29 is 14.1 Å². The summed E-state index contributed by atoms with van der Waals surface area (Å²) in [6.45, 7) is 12.0. The molecule has 3 rings (SSSR count). The average molecular weight is 345 g/mol. The summed E-state index contributed by atoms with van der Waals surface area (Å²) in [5.74, 6) is 0.0372. The number of aromatic nitrogens is 2. The van der Waals surface area contributed by atoms with E-state index in [9.17, 15) is 4.79 Å². The van der Waals surface area contributed by atoms with Gasteiger partial charge in [-0.1, -0.05) is 13.0 Å². The minimum Gasteiger partial charge on any atom is -0.400 e. The first-order valence-corrected chi connectivity index (χ1v) is 9.00. The fourth-order valence-electron chi connectivity index (χ4n) is 3.20. The van der Waals surface area contributed by atoms with Gasteiger partial charge >= 0.3 is 7.12 Å². The predicted molar refractivity (Wildman–Crippen MR) is 96.8 cm³/mol. The third kappa shape index (κ3) is 3.67. The normalized spacial score (nSPS) is 23.5. The van der Waals surface area contributed by atoms with Crippen LogP contribution >= 0.6 is 0 Å². The van der Waals surface area contributed by atoms with Crippen LogP contribution in [-0.2, 0) is 20.6 Å². The van der Waals surface area contributed by atoms with Gasteiger partial charge < -0.3 is 14.2 Å². The molecule has 0 N–H and O–H groups in total. The highest BCUT2D eigenvalue weighted by Gasteiger charge is 2.52. The fourth-order valence-corrected chi connectivity index (χ4v) is 3.20. The van der Waals surface area contributed by atoms with Crippen LogP contribution < -0.4 is 0 Å². The lowest BCUT2D eigenvalue weighted by Gasteiger charge is -2.32. The van der Waals surface area contributed by atoms with Gasteiger partial charge in [-0.3, -0.25) is 9.48 Å².